The van der Waals surface area contributed by atoms with Crippen LogP contribution in [0.1, 0.15) is 37.7 Å². The van der Waals surface area contributed by atoms with Gasteiger partial charge in [0, 0.05) is 9.30 Å². The molecule has 1 aliphatic carbocycles. The van der Waals surface area contributed by atoms with Gasteiger partial charge in [-0.2, -0.15) is 0 Å². The molecule has 0 saturated heterocycles. The van der Waals surface area contributed by atoms with Crippen LogP contribution in [-0.2, 0) is 6.42 Å². The van der Waals surface area contributed by atoms with Gasteiger partial charge in [0.2, 0.25) is 0 Å². The van der Waals surface area contributed by atoms with Crippen LogP contribution < -0.4 is 4.74 Å². The number of halogens is 2. The standard InChI is InChI=1S/C15H20Br2O/c1-18-14-6-7-15(17)12(10-14)8-11-4-2-3-5-13(16)9-11/h6-7,10-11,13H,2-5,8-9H2,1H3. The SMILES string of the molecule is COc1ccc(Br)c(CC2CCCCC(Br)C2)c1. The first-order chi connectivity index (χ1) is 8.69. The Labute approximate surface area is 127 Å². The third-order valence-electron chi connectivity index (χ3n) is 3.73. The van der Waals surface area contributed by atoms with E-state index >= 15 is 0 Å². The fourth-order valence-electron chi connectivity index (χ4n) is 2.73. The molecule has 0 N–H and O–H groups in total. The van der Waals surface area contributed by atoms with Gasteiger partial charge in [0.1, 0.15) is 5.75 Å². The van der Waals surface area contributed by atoms with Gasteiger partial charge in [0.15, 0.2) is 0 Å². The van der Waals surface area contributed by atoms with Gasteiger partial charge in [0.25, 0.3) is 0 Å². The van der Waals surface area contributed by atoms with Crippen LogP contribution in [0.5, 0.6) is 5.75 Å². The summed E-state index contributed by atoms with van der Waals surface area (Å²) >= 11 is 7.46. The van der Waals surface area contributed by atoms with Gasteiger partial charge in [-0.3, -0.25) is 0 Å². The lowest BCUT2D eigenvalue weighted by molar-refractivity contribution is 0.412. The maximum atomic E-state index is 5.31. The predicted octanol–water partition coefficient (Wildman–Crippen LogP) is 5.34. The summed E-state index contributed by atoms with van der Waals surface area (Å²) < 4.78 is 6.52. The Balaban J connectivity index is 2.07. The van der Waals surface area contributed by atoms with Crippen molar-refractivity contribution in [1.29, 1.82) is 0 Å². The van der Waals surface area contributed by atoms with Crippen LogP contribution in [0.4, 0.5) is 0 Å². The lowest BCUT2D eigenvalue weighted by Gasteiger charge is -2.17. The summed E-state index contributed by atoms with van der Waals surface area (Å²) in [4.78, 5) is 0.703. The molecular weight excluding hydrogens is 356 g/mol. The molecule has 1 aromatic carbocycles. The summed E-state index contributed by atoms with van der Waals surface area (Å²) in [6, 6.07) is 6.27. The van der Waals surface area contributed by atoms with E-state index in [1.165, 1.54) is 42.1 Å². The molecule has 1 saturated carbocycles. The maximum Gasteiger partial charge on any atom is 0.119 e. The first-order valence-corrected chi connectivity index (χ1v) is 8.36. The summed E-state index contributed by atoms with van der Waals surface area (Å²) in [5, 5.41) is 0. The average molecular weight is 376 g/mol. The highest BCUT2D eigenvalue weighted by atomic mass is 79.9. The zero-order valence-electron chi connectivity index (χ0n) is 10.8. The van der Waals surface area contributed by atoms with E-state index in [2.05, 4.69) is 44.0 Å². The highest BCUT2D eigenvalue weighted by Gasteiger charge is 2.19. The Morgan fingerprint density at radius 1 is 1.28 bits per heavy atom. The van der Waals surface area contributed by atoms with Crippen molar-refractivity contribution >= 4 is 31.9 Å². The van der Waals surface area contributed by atoms with Crippen molar-refractivity contribution in [1.82, 2.24) is 0 Å². The molecule has 3 heteroatoms. The van der Waals surface area contributed by atoms with Crippen molar-refractivity contribution < 1.29 is 4.74 Å². The number of hydrogen-bond acceptors (Lipinski definition) is 1. The largest absolute Gasteiger partial charge is 0.497 e. The molecule has 0 bridgehead atoms. The fourth-order valence-corrected chi connectivity index (χ4v) is 3.99. The van der Waals surface area contributed by atoms with E-state index < -0.39 is 0 Å². The van der Waals surface area contributed by atoms with E-state index in [1.54, 1.807) is 7.11 Å². The van der Waals surface area contributed by atoms with E-state index in [0.29, 0.717) is 4.83 Å². The molecule has 0 heterocycles. The van der Waals surface area contributed by atoms with Crippen LogP contribution in [0.2, 0.25) is 0 Å². The zero-order chi connectivity index (χ0) is 13.0. The smallest absolute Gasteiger partial charge is 0.119 e. The summed E-state index contributed by atoms with van der Waals surface area (Å²) in [5.74, 6) is 1.75. The number of hydrogen-bond donors (Lipinski definition) is 0. The molecule has 0 aliphatic heterocycles. The number of ether oxygens (including phenoxy) is 1. The molecule has 2 unspecified atom stereocenters. The van der Waals surface area contributed by atoms with Crippen LogP contribution in [0, 0.1) is 5.92 Å². The molecule has 0 amide bonds. The molecule has 0 radical (unpaired) electrons. The van der Waals surface area contributed by atoms with Gasteiger partial charge < -0.3 is 4.74 Å². The van der Waals surface area contributed by atoms with E-state index in [-0.39, 0.29) is 0 Å². The van der Waals surface area contributed by atoms with Crippen molar-refractivity contribution in [3.05, 3.63) is 28.2 Å². The lowest BCUT2D eigenvalue weighted by atomic mass is 9.92. The Morgan fingerprint density at radius 2 is 2.06 bits per heavy atom. The van der Waals surface area contributed by atoms with Gasteiger partial charge in [-0.1, -0.05) is 51.1 Å². The number of methoxy groups -OCH3 is 1. The fraction of sp³-hybridized carbons (Fsp3) is 0.600. The average Bonchev–Trinajstić information content (AvgIpc) is 2.56. The highest BCUT2D eigenvalue weighted by molar-refractivity contribution is 9.10. The third kappa shape index (κ3) is 3.99. The summed E-state index contributed by atoms with van der Waals surface area (Å²) in [5.41, 5.74) is 1.38. The molecule has 18 heavy (non-hydrogen) atoms. The van der Waals surface area contributed by atoms with Crippen LogP contribution in [0.25, 0.3) is 0 Å². The van der Waals surface area contributed by atoms with Crippen LogP contribution in [0.15, 0.2) is 22.7 Å². The third-order valence-corrected chi connectivity index (χ3v) is 5.34. The molecule has 2 atom stereocenters. The van der Waals surface area contributed by atoms with Crippen molar-refractivity contribution in [3.8, 4) is 5.75 Å². The van der Waals surface area contributed by atoms with Gasteiger partial charge in [-0.15, -0.1) is 0 Å². The number of alkyl halides is 1. The highest BCUT2D eigenvalue weighted by Crippen LogP contribution is 2.32. The molecule has 0 spiro atoms. The van der Waals surface area contributed by atoms with Crippen molar-refractivity contribution in [3.63, 3.8) is 0 Å². The molecule has 1 aliphatic rings. The minimum atomic E-state index is 0.703. The Morgan fingerprint density at radius 3 is 2.83 bits per heavy atom. The Hall–Kier alpha value is -0.0200. The number of benzene rings is 1. The first kappa shape index (κ1) is 14.4. The van der Waals surface area contributed by atoms with E-state index in [1.807, 2.05) is 6.07 Å². The van der Waals surface area contributed by atoms with Crippen molar-refractivity contribution in [2.75, 3.05) is 7.11 Å². The predicted molar refractivity (Wildman–Crippen MR) is 83.7 cm³/mol. The quantitative estimate of drug-likeness (QED) is 0.511. The molecule has 1 nitrogen and oxygen atoms in total. The van der Waals surface area contributed by atoms with Crippen LogP contribution in [0.3, 0.4) is 0 Å². The molecule has 1 aromatic rings. The van der Waals surface area contributed by atoms with Crippen LogP contribution >= 0.6 is 31.9 Å². The minimum Gasteiger partial charge on any atom is -0.497 e. The number of rotatable bonds is 3. The lowest BCUT2D eigenvalue weighted by Crippen LogP contribution is -2.09. The molecule has 2 rings (SSSR count). The maximum absolute atomic E-state index is 5.31. The molecular formula is C15H20Br2O. The van der Waals surface area contributed by atoms with Gasteiger partial charge in [-0.25, -0.2) is 0 Å². The minimum absolute atomic E-state index is 0.703. The van der Waals surface area contributed by atoms with Gasteiger partial charge in [-0.05, 0) is 48.9 Å². The van der Waals surface area contributed by atoms with E-state index in [0.717, 1.165) is 18.1 Å². The molecule has 100 valence electrons. The summed E-state index contributed by atoms with van der Waals surface area (Å²) in [7, 11) is 1.73. The second-order valence-electron chi connectivity index (χ2n) is 5.14. The van der Waals surface area contributed by atoms with Crippen LogP contribution in [-0.4, -0.2) is 11.9 Å². The monoisotopic (exact) mass is 374 g/mol. The van der Waals surface area contributed by atoms with Gasteiger partial charge in [0.05, 0.1) is 7.11 Å². The summed E-state index contributed by atoms with van der Waals surface area (Å²) in [6.07, 6.45) is 7.87. The normalized spacial score (nSPS) is 24.6. The van der Waals surface area contributed by atoms with E-state index in [9.17, 15) is 0 Å². The summed E-state index contributed by atoms with van der Waals surface area (Å²) in [6.45, 7) is 0. The second-order valence-corrected chi connectivity index (χ2v) is 7.29. The molecule has 1 fully saturated rings. The molecule has 0 aromatic heterocycles. The second kappa shape index (κ2) is 6.95. The Kier molecular flexibility index (Phi) is 5.56. The first-order valence-electron chi connectivity index (χ1n) is 6.65. The zero-order valence-corrected chi connectivity index (χ0v) is 14.0. The van der Waals surface area contributed by atoms with E-state index in [4.69, 9.17) is 4.74 Å². The Bertz CT molecular complexity index is 392. The van der Waals surface area contributed by atoms with Crippen molar-refractivity contribution in [2.45, 2.75) is 43.4 Å². The van der Waals surface area contributed by atoms with Crippen molar-refractivity contribution in [2.24, 2.45) is 5.92 Å². The van der Waals surface area contributed by atoms with Gasteiger partial charge >= 0.3 is 0 Å². The topological polar surface area (TPSA) is 9.23 Å².